The van der Waals surface area contributed by atoms with Gasteiger partial charge in [-0.25, -0.2) is 0 Å². The highest BCUT2D eigenvalue weighted by Gasteiger charge is 2.29. The molecule has 13 heteroatoms. The number of benzene rings is 2. The highest BCUT2D eigenvalue weighted by atomic mass is 35.5. The summed E-state index contributed by atoms with van der Waals surface area (Å²) >= 11 is 5.99. The molecule has 220 valence electrons. The Morgan fingerprint density at radius 1 is 1.05 bits per heavy atom. The van der Waals surface area contributed by atoms with Crippen molar-refractivity contribution in [2.24, 2.45) is 17.6 Å². The molecular formula is C28H32Cl3N5O5. The largest absolute Gasteiger partial charge is 0.450 e. The lowest BCUT2D eigenvalue weighted by atomic mass is 9.81. The van der Waals surface area contributed by atoms with E-state index in [9.17, 15) is 19.7 Å². The molecule has 1 aliphatic carbocycles. The fraction of sp³-hybridized carbons (Fsp3) is 0.321. The van der Waals surface area contributed by atoms with Crippen LogP contribution in [0.15, 0.2) is 67.0 Å². The van der Waals surface area contributed by atoms with E-state index < -0.39 is 11.0 Å². The molecule has 0 bridgehead atoms. The molecule has 2 amide bonds. The van der Waals surface area contributed by atoms with Crippen molar-refractivity contribution >= 4 is 59.6 Å². The van der Waals surface area contributed by atoms with Gasteiger partial charge in [0.25, 0.3) is 0 Å². The van der Waals surface area contributed by atoms with Gasteiger partial charge >= 0.3 is 5.69 Å². The van der Waals surface area contributed by atoms with Crippen molar-refractivity contribution in [1.29, 1.82) is 0 Å². The average molecular weight is 625 g/mol. The lowest BCUT2D eigenvalue weighted by Gasteiger charge is -2.28. The summed E-state index contributed by atoms with van der Waals surface area (Å²) in [6.45, 7) is 0.621. The molecule has 3 aromatic rings. The van der Waals surface area contributed by atoms with Gasteiger partial charge in [0.2, 0.25) is 17.6 Å². The zero-order valence-corrected chi connectivity index (χ0v) is 24.4. The first-order chi connectivity index (χ1) is 18.8. The normalized spacial score (nSPS) is 16.7. The summed E-state index contributed by atoms with van der Waals surface area (Å²) < 4.78 is 5.71. The molecular weight excluding hydrogens is 593 g/mol. The first-order valence-corrected chi connectivity index (χ1v) is 13.1. The van der Waals surface area contributed by atoms with Crippen LogP contribution in [-0.2, 0) is 16.0 Å². The van der Waals surface area contributed by atoms with E-state index in [0.29, 0.717) is 28.9 Å². The number of nitrogens with one attached hydrogen (secondary N) is 2. The summed E-state index contributed by atoms with van der Waals surface area (Å²) in [6, 6.07) is 13.4. The summed E-state index contributed by atoms with van der Waals surface area (Å²) in [4.78, 5) is 41.1. The third kappa shape index (κ3) is 9.57. The Kier molecular flexibility index (Phi) is 13.3. The Labute approximate surface area is 255 Å². The number of halogens is 3. The van der Waals surface area contributed by atoms with E-state index >= 15 is 0 Å². The van der Waals surface area contributed by atoms with Crippen LogP contribution in [0.1, 0.15) is 31.2 Å². The number of pyridine rings is 1. The number of rotatable bonds is 10. The van der Waals surface area contributed by atoms with Crippen molar-refractivity contribution in [3.05, 3.63) is 87.7 Å². The quantitative estimate of drug-likeness (QED) is 0.193. The Hall–Kier alpha value is -3.44. The van der Waals surface area contributed by atoms with Gasteiger partial charge in [0.05, 0.1) is 4.92 Å². The molecule has 0 unspecified atom stereocenters. The fourth-order valence-electron chi connectivity index (χ4n) is 4.60. The highest BCUT2D eigenvalue weighted by Crippen LogP contribution is 2.34. The second-order valence-electron chi connectivity index (χ2n) is 9.56. The molecule has 1 atom stereocenters. The third-order valence-electron chi connectivity index (χ3n) is 6.84. The maximum absolute atomic E-state index is 13.2. The number of nitro benzene ring substituents is 1. The van der Waals surface area contributed by atoms with Crippen molar-refractivity contribution in [3.63, 3.8) is 0 Å². The van der Waals surface area contributed by atoms with Gasteiger partial charge in [0, 0.05) is 47.6 Å². The lowest BCUT2D eigenvalue weighted by molar-refractivity contribution is -0.385. The van der Waals surface area contributed by atoms with Gasteiger partial charge in [-0.1, -0.05) is 23.7 Å². The van der Waals surface area contributed by atoms with Crippen molar-refractivity contribution in [2.75, 3.05) is 11.9 Å². The van der Waals surface area contributed by atoms with Crippen LogP contribution in [0.5, 0.6) is 11.5 Å². The van der Waals surface area contributed by atoms with Crippen LogP contribution in [0.3, 0.4) is 0 Å². The molecule has 0 saturated heterocycles. The number of ether oxygens (including phenoxy) is 1. The van der Waals surface area contributed by atoms with Crippen LogP contribution in [-0.4, -0.2) is 34.3 Å². The Balaban J connectivity index is 0.00000294. The predicted molar refractivity (Wildman–Crippen MR) is 162 cm³/mol. The van der Waals surface area contributed by atoms with Gasteiger partial charge in [-0.15, -0.1) is 24.8 Å². The molecule has 0 aliphatic heterocycles. The van der Waals surface area contributed by atoms with Crippen LogP contribution in [0, 0.1) is 22.0 Å². The topological polar surface area (TPSA) is 149 Å². The summed E-state index contributed by atoms with van der Waals surface area (Å²) in [5.41, 5.74) is 6.92. The first kappa shape index (κ1) is 33.8. The number of anilines is 1. The van der Waals surface area contributed by atoms with Crippen molar-refractivity contribution in [2.45, 2.75) is 38.1 Å². The van der Waals surface area contributed by atoms with Crippen molar-refractivity contribution in [3.8, 4) is 11.5 Å². The summed E-state index contributed by atoms with van der Waals surface area (Å²) in [7, 11) is 0. The SMILES string of the molecule is Cl.Cl.NCC1CCC(C(=O)N[C@@H](Cc2ccc(Oc3cc(Cl)ccc3[N+](=O)[O-])cc2)C(=O)Nc2ccncc2)CC1. The maximum atomic E-state index is 13.2. The van der Waals surface area contributed by atoms with Crippen LogP contribution in [0.25, 0.3) is 0 Å². The molecule has 0 spiro atoms. The molecule has 1 fully saturated rings. The molecule has 4 rings (SSSR count). The molecule has 1 saturated carbocycles. The molecule has 1 heterocycles. The van der Waals surface area contributed by atoms with E-state index in [4.69, 9.17) is 22.1 Å². The summed E-state index contributed by atoms with van der Waals surface area (Å²) in [5, 5.41) is 17.4. The van der Waals surface area contributed by atoms with E-state index in [0.717, 1.165) is 31.2 Å². The Morgan fingerprint density at radius 2 is 1.71 bits per heavy atom. The predicted octanol–water partition coefficient (Wildman–Crippen LogP) is 5.71. The number of nitrogens with zero attached hydrogens (tertiary/aromatic N) is 2. The number of hydrogen-bond acceptors (Lipinski definition) is 7. The Bertz CT molecular complexity index is 1310. The number of carbonyl (C=O) groups excluding carboxylic acids is 2. The number of amides is 2. The van der Waals surface area contributed by atoms with Gasteiger partial charge in [-0.2, -0.15) is 0 Å². The fourth-order valence-corrected chi connectivity index (χ4v) is 4.76. The van der Waals surface area contributed by atoms with Crippen LogP contribution in [0.2, 0.25) is 5.02 Å². The maximum Gasteiger partial charge on any atom is 0.311 e. The molecule has 10 nitrogen and oxygen atoms in total. The third-order valence-corrected chi connectivity index (χ3v) is 7.08. The zero-order chi connectivity index (χ0) is 27.8. The van der Waals surface area contributed by atoms with E-state index in [1.54, 1.807) is 48.8 Å². The first-order valence-electron chi connectivity index (χ1n) is 12.7. The van der Waals surface area contributed by atoms with Crippen molar-refractivity contribution < 1.29 is 19.2 Å². The number of nitrogens with two attached hydrogens (primary N) is 1. The van der Waals surface area contributed by atoms with E-state index in [1.165, 1.54) is 18.2 Å². The van der Waals surface area contributed by atoms with Crippen LogP contribution < -0.4 is 21.1 Å². The van der Waals surface area contributed by atoms with Crippen LogP contribution in [0.4, 0.5) is 11.4 Å². The van der Waals surface area contributed by atoms with E-state index in [1.807, 2.05) is 0 Å². The van der Waals surface area contributed by atoms with Gasteiger partial charge in [-0.05, 0) is 74.0 Å². The second-order valence-corrected chi connectivity index (χ2v) is 10.00. The minimum atomic E-state index is -0.821. The monoisotopic (exact) mass is 623 g/mol. The van der Waals surface area contributed by atoms with Gasteiger partial charge in [-0.3, -0.25) is 24.7 Å². The van der Waals surface area contributed by atoms with Crippen LogP contribution >= 0.6 is 36.4 Å². The minimum absolute atomic E-state index is 0. The molecule has 0 radical (unpaired) electrons. The number of nitro groups is 1. The van der Waals surface area contributed by atoms with Crippen molar-refractivity contribution in [1.82, 2.24) is 10.3 Å². The molecule has 1 aliphatic rings. The van der Waals surface area contributed by atoms with E-state index in [-0.39, 0.29) is 60.4 Å². The number of aromatic nitrogens is 1. The average Bonchev–Trinajstić information content (AvgIpc) is 2.94. The second kappa shape index (κ2) is 16.1. The van der Waals surface area contributed by atoms with Gasteiger partial charge in [0.15, 0.2) is 0 Å². The summed E-state index contributed by atoms with van der Waals surface area (Å²) in [5.74, 6) is 0.171. The number of hydrogen-bond donors (Lipinski definition) is 3. The smallest absolute Gasteiger partial charge is 0.311 e. The molecule has 1 aromatic heterocycles. The zero-order valence-electron chi connectivity index (χ0n) is 22.0. The van der Waals surface area contributed by atoms with E-state index in [2.05, 4.69) is 15.6 Å². The minimum Gasteiger partial charge on any atom is -0.450 e. The van der Waals surface area contributed by atoms with Gasteiger partial charge < -0.3 is 21.1 Å². The standard InChI is InChI=1S/C28H30ClN5O5.2ClH/c29-21-7-10-25(34(37)38)26(16-21)39-23-8-3-18(4-9-23)15-24(28(36)32-22-11-13-31-14-12-22)33-27(35)20-5-1-19(17-30)2-6-20;;/h3-4,7-14,16,19-20,24H,1-2,5-6,15,17,30H2,(H,33,35)(H,31,32,36);2*1H/t19?,20?,24-;;/m0../s1. The Morgan fingerprint density at radius 3 is 2.32 bits per heavy atom. The van der Waals surface area contributed by atoms with Gasteiger partial charge in [0.1, 0.15) is 11.8 Å². The highest BCUT2D eigenvalue weighted by molar-refractivity contribution is 6.30. The molecule has 41 heavy (non-hydrogen) atoms. The number of carbonyl (C=O) groups is 2. The molecule has 2 aromatic carbocycles. The molecule has 4 N–H and O–H groups in total. The lowest BCUT2D eigenvalue weighted by Crippen LogP contribution is -2.48. The summed E-state index contributed by atoms with van der Waals surface area (Å²) in [6.07, 6.45) is 6.66.